The zero-order chi connectivity index (χ0) is 10.3. The first kappa shape index (κ1) is 9.18. The third-order valence-electron chi connectivity index (χ3n) is 2.69. The first-order chi connectivity index (χ1) is 6.56. The monoisotopic (exact) mass is 195 g/mol. The number of hydrogen-bond donors (Lipinski definition) is 1. The van der Waals surface area contributed by atoms with Crippen molar-refractivity contribution in [2.24, 2.45) is 0 Å². The Balaban J connectivity index is 2.30. The summed E-state index contributed by atoms with van der Waals surface area (Å²) in [5.41, 5.74) is -0.133. The Labute approximate surface area is 81.7 Å². The topological polar surface area (TPSA) is 68.0 Å². The zero-order valence-corrected chi connectivity index (χ0v) is 8.27. The van der Waals surface area contributed by atoms with Crippen LogP contribution in [0.3, 0.4) is 0 Å². The van der Waals surface area contributed by atoms with Crippen molar-refractivity contribution in [2.45, 2.75) is 38.1 Å². The molecule has 1 aliphatic rings. The molecule has 1 fully saturated rings. The zero-order valence-electron chi connectivity index (χ0n) is 8.27. The summed E-state index contributed by atoms with van der Waals surface area (Å²) in [5, 5.41) is 16.9. The van der Waals surface area contributed by atoms with Crippen LogP contribution in [0.5, 0.6) is 0 Å². The van der Waals surface area contributed by atoms with Crippen LogP contribution >= 0.6 is 0 Å². The van der Waals surface area contributed by atoms with Crippen molar-refractivity contribution in [3.8, 4) is 0 Å². The van der Waals surface area contributed by atoms with E-state index in [1.165, 1.54) is 0 Å². The number of carboxylic acids is 1. The van der Waals surface area contributed by atoms with Gasteiger partial charge in [0.2, 0.25) is 0 Å². The van der Waals surface area contributed by atoms with E-state index in [0.717, 1.165) is 0 Å². The average Bonchev–Trinajstić information content (AvgIpc) is 2.77. The molecule has 0 aromatic carbocycles. The first-order valence-corrected chi connectivity index (χ1v) is 4.72. The van der Waals surface area contributed by atoms with Crippen molar-refractivity contribution in [1.82, 2.24) is 15.0 Å². The number of nitrogens with zero attached hydrogens (tertiary/aromatic N) is 3. The third kappa shape index (κ3) is 1.20. The van der Waals surface area contributed by atoms with Crippen LogP contribution in [0.4, 0.5) is 0 Å². The Hall–Kier alpha value is -1.39. The summed E-state index contributed by atoms with van der Waals surface area (Å²) in [6.07, 6.45) is 3.10. The fourth-order valence-corrected chi connectivity index (χ4v) is 1.45. The molecule has 0 spiro atoms. The molecule has 0 saturated heterocycles. The van der Waals surface area contributed by atoms with E-state index >= 15 is 0 Å². The maximum Gasteiger partial charge on any atom is 0.315 e. The molecule has 1 aromatic heterocycles. The highest BCUT2D eigenvalue weighted by molar-refractivity contribution is 5.84. The molecule has 5 nitrogen and oxygen atoms in total. The van der Waals surface area contributed by atoms with Gasteiger partial charge >= 0.3 is 5.97 Å². The van der Waals surface area contributed by atoms with Gasteiger partial charge in [-0.05, 0) is 26.7 Å². The molecule has 5 heteroatoms. The SMILES string of the molecule is CC(C)n1cc(C2(C(=O)O)CC2)nn1. The number of hydrogen-bond acceptors (Lipinski definition) is 3. The number of aliphatic carboxylic acids is 1. The molecule has 0 bridgehead atoms. The number of carbonyl (C=O) groups is 1. The second kappa shape index (κ2) is 2.80. The molecular weight excluding hydrogens is 182 g/mol. The van der Waals surface area contributed by atoms with E-state index in [0.29, 0.717) is 18.5 Å². The van der Waals surface area contributed by atoms with E-state index in [1.54, 1.807) is 10.9 Å². The summed E-state index contributed by atoms with van der Waals surface area (Å²) in [6.45, 7) is 3.97. The molecule has 1 N–H and O–H groups in total. The summed E-state index contributed by atoms with van der Waals surface area (Å²) in [7, 11) is 0. The van der Waals surface area contributed by atoms with Crippen molar-refractivity contribution >= 4 is 5.97 Å². The molecule has 14 heavy (non-hydrogen) atoms. The molecule has 2 rings (SSSR count). The van der Waals surface area contributed by atoms with Crippen molar-refractivity contribution in [1.29, 1.82) is 0 Å². The van der Waals surface area contributed by atoms with Gasteiger partial charge in [-0.15, -0.1) is 5.10 Å². The molecular formula is C9H13N3O2. The lowest BCUT2D eigenvalue weighted by Crippen LogP contribution is -2.19. The Bertz CT molecular complexity index is 366. The molecule has 0 amide bonds. The van der Waals surface area contributed by atoms with Crippen LogP contribution in [0.15, 0.2) is 6.20 Å². The highest BCUT2D eigenvalue weighted by atomic mass is 16.4. The maximum atomic E-state index is 11.0. The summed E-state index contributed by atoms with van der Waals surface area (Å²) in [5.74, 6) is -0.784. The Kier molecular flexibility index (Phi) is 1.83. The van der Waals surface area contributed by atoms with Gasteiger partial charge in [0.15, 0.2) is 0 Å². The minimum atomic E-state index is -0.784. The van der Waals surface area contributed by atoms with E-state index in [2.05, 4.69) is 10.3 Å². The quantitative estimate of drug-likeness (QED) is 0.780. The van der Waals surface area contributed by atoms with Crippen LogP contribution in [0.25, 0.3) is 0 Å². The van der Waals surface area contributed by atoms with Gasteiger partial charge < -0.3 is 5.11 Å². The van der Waals surface area contributed by atoms with E-state index in [1.807, 2.05) is 13.8 Å². The number of aromatic nitrogens is 3. The molecule has 1 aliphatic carbocycles. The standard InChI is InChI=1S/C9H13N3O2/c1-6(2)12-5-7(10-11-12)9(3-4-9)8(13)14/h5-6H,3-4H2,1-2H3,(H,13,14). The van der Waals surface area contributed by atoms with Gasteiger partial charge in [-0.1, -0.05) is 5.21 Å². The third-order valence-corrected chi connectivity index (χ3v) is 2.69. The molecule has 0 radical (unpaired) electrons. The molecule has 76 valence electrons. The van der Waals surface area contributed by atoms with Crippen molar-refractivity contribution in [3.63, 3.8) is 0 Å². The summed E-state index contributed by atoms with van der Waals surface area (Å²) < 4.78 is 1.69. The van der Waals surface area contributed by atoms with Crippen LogP contribution in [-0.4, -0.2) is 26.1 Å². The van der Waals surface area contributed by atoms with Gasteiger partial charge in [-0.2, -0.15) is 0 Å². The number of carboxylic acid groups (broad SMARTS) is 1. The predicted molar refractivity (Wildman–Crippen MR) is 49.0 cm³/mol. The smallest absolute Gasteiger partial charge is 0.315 e. The van der Waals surface area contributed by atoms with Crippen molar-refractivity contribution in [2.75, 3.05) is 0 Å². The van der Waals surface area contributed by atoms with Gasteiger partial charge in [-0.3, -0.25) is 4.79 Å². The Morgan fingerprint density at radius 3 is 2.64 bits per heavy atom. The van der Waals surface area contributed by atoms with Crippen molar-refractivity contribution in [3.05, 3.63) is 11.9 Å². The lowest BCUT2D eigenvalue weighted by molar-refractivity contribution is -0.140. The Morgan fingerprint density at radius 2 is 2.29 bits per heavy atom. The maximum absolute atomic E-state index is 11.0. The van der Waals surface area contributed by atoms with E-state index in [4.69, 9.17) is 5.11 Å². The molecule has 1 heterocycles. The van der Waals surface area contributed by atoms with E-state index < -0.39 is 11.4 Å². The van der Waals surface area contributed by atoms with Crippen LogP contribution in [0.2, 0.25) is 0 Å². The van der Waals surface area contributed by atoms with Gasteiger partial charge in [0.1, 0.15) is 5.41 Å². The second-order valence-electron chi connectivity index (χ2n) is 4.06. The normalized spacial score (nSPS) is 18.5. The van der Waals surface area contributed by atoms with Crippen LogP contribution in [0, 0.1) is 0 Å². The second-order valence-corrected chi connectivity index (χ2v) is 4.06. The number of rotatable bonds is 3. The summed E-state index contributed by atoms with van der Waals surface area (Å²) in [6, 6.07) is 0.223. The summed E-state index contributed by atoms with van der Waals surface area (Å²) in [4.78, 5) is 11.0. The van der Waals surface area contributed by atoms with Gasteiger partial charge in [0.05, 0.1) is 5.69 Å². The molecule has 0 unspecified atom stereocenters. The fraction of sp³-hybridized carbons (Fsp3) is 0.667. The minimum Gasteiger partial charge on any atom is -0.481 e. The van der Waals surface area contributed by atoms with Gasteiger partial charge in [0.25, 0.3) is 0 Å². The average molecular weight is 195 g/mol. The molecule has 1 saturated carbocycles. The van der Waals surface area contributed by atoms with Gasteiger partial charge in [0, 0.05) is 12.2 Å². The predicted octanol–water partition coefficient (Wildman–Crippen LogP) is 0.975. The highest BCUT2D eigenvalue weighted by Gasteiger charge is 2.54. The molecule has 0 aliphatic heterocycles. The largest absolute Gasteiger partial charge is 0.481 e. The van der Waals surface area contributed by atoms with Gasteiger partial charge in [-0.25, -0.2) is 4.68 Å². The summed E-state index contributed by atoms with van der Waals surface area (Å²) >= 11 is 0. The highest BCUT2D eigenvalue weighted by Crippen LogP contribution is 2.47. The van der Waals surface area contributed by atoms with Crippen LogP contribution in [0.1, 0.15) is 38.4 Å². The fourth-order valence-electron chi connectivity index (χ4n) is 1.45. The van der Waals surface area contributed by atoms with Crippen molar-refractivity contribution < 1.29 is 9.90 Å². The van der Waals surface area contributed by atoms with E-state index in [-0.39, 0.29) is 6.04 Å². The van der Waals surface area contributed by atoms with Crippen LogP contribution in [-0.2, 0) is 10.2 Å². The van der Waals surface area contributed by atoms with Crippen LogP contribution < -0.4 is 0 Å². The minimum absolute atomic E-state index is 0.223. The lowest BCUT2D eigenvalue weighted by atomic mass is 10.0. The first-order valence-electron chi connectivity index (χ1n) is 4.72. The molecule has 1 aromatic rings. The Morgan fingerprint density at radius 1 is 1.64 bits per heavy atom. The molecule has 0 atom stereocenters. The van der Waals surface area contributed by atoms with E-state index in [9.17, 15) is 4.79 Å². The lowest BCUT2D eigenvalue weighted by Gasteiger charge is -2.04.